The quantitative estimate of drug-likeness (QED) is 0.163. The van der Waals surface area contributed by atoms with Crippen LogP contribution in [0.4, 0.5) is 0 Å². The first-order chi connectivity index (χ1) is 14.5. The summed E-state index contributed by atoms with van der Waals surface area (Å²) in [4.78, 5) is 24.1. The van der Waals surface area contributed by atoms with Crippen molar-refractivity contribution in [3.05, 3.63) is 47.5 Å². The van der Waals surface area contributed by atoms with Gasteiger partial charge in [0.2, 0.25) is 0 Å². The van der Waals surface area contributed by atoms with Crippen LogP contribution in [0.25, 0.3) is 0 Å². The lowest BCUT2D eigenvalue weighted by atomic mass is 10.1. The van der Waals surface area contributed by atoms with Gasteiger partial charge < -0.3 is 9.47 Å². The van der Waals surface area contributed by atoms with Gasteiger partial charge >= 0.3 is 11.9 Å². The molecule has 0 aliphatic carbocycles. The predicted molar refractivity (Wildman–Crippen MR) is 123 cm³/mol. The van der Waals surface area contributed by atoms with Crippen LogP contribution in [0.5, 0.6) is 0 Å². The summed E-state index contributed by atoms with van der Waals surface area (Å²) in [5.41, 5.74) is 0.887. The van der Waals surface area contributed by atoms with E-state index in [1.807, 2.05) is 6.08 Å². The van der Waals surface area contributed by atoms with Crippen LogP contribution in [0.15, 0.2) is 36.4 Å². The van der Waals surface area contributed by atoms with Crippen LogP contribution in [0.2, 0.25) is 0 Å². The van der Waals surface area contributed by atoms with Crippen LogP contribution in [-0.4, -0.2) is 25.2 Å². The van der Waals surface area contributed by atoms with E-state index in [0.29, 0.717) is 23.7 Å². The fourth-order valence-electron chi connectivity index (χ4n) is 3.09. The summed E-state index contributed by atoms with van der Waals surface area (Å²) >= 11 is 0. The fourth-order valence-corrected chi connectivity index (χ4v) is 3.09. The summed E-state index contributed by atoms with van der Waals surface area (Å²) in [5, 5.41) is 0. The molecule has 0 aliphatic rings. The standard InChI is InChI=1S/C26H40O4/c1-4-5-6-7-8-9-10-11-12-13-20-29-25(27)23-16-18-24(19-17-23)26(28)30-21-14-15-22(2)3/h12-13,16-19,22H,4-11,14-15,20-21H2,1-3H3/b13-12+. The molecule has 168 valence electrons. The van der Waals surface area contributed by atoms with Gasteiger partial charge in [0.05, 0.1) is 17.7 Å². The van der Waals surface area contributed by atoms with E-state index in [0.717, 1.165) is 19.3 Å². The number of carbonyl (C=O) groups is 2. The number of hydrogen-bond acceptors (Lipinski definition) is 4. The van der Waals surface area contributed by atoms with Crippen LogP contribution >= 0.6 is 0 Å². The molecule has 0 saturated carbocycles. The molecule has 0 N–H and O–H groups in total. The van der Waals surface area contributed by atoms with Crippen LogP contribution in [0, 0.1) is 5.92 Å². The van der Waals surface area contributed by atoms with Crippen LogP contribution in [0.3, 0.4) is 0 Å². The van der Waals surface area contributed by atoms with Crippen molar-refractivity contribution in [2.24, 2.45) is 5.92 Å². The Morgan fingerprint density at radius 3 is 1.97 bits per heavy atom. The van der Waals surface area contributed by atoms with E-state index in [2.05, 4.69) is 26.8 Å². The molecule has 4 heteroatoms. The second-order valence-corrected chi connectivity index (χ2v) is 8.23. The first kappa shape index (κ1) is 25.9. The van der Waals surface area contributed by atoms with Crippen molar-refractivity contribution in [1.29, 1.82) is 0 Å². The summed E-state index contributed by atoms with van der Waals surface area (Å²) in [7, 11) is 0. The Kier molecular flexibility index (Phi) is 14.4. The van der Waals surface area contributed by atoms with Crippen LogP contribution in [-0.2, 0) is 9.47 Å². The monoisotopic (exact) mass is 416 g/mol. The van der Waals surface area contributed by atoms with Gasteiger partial charge in [0, 0.05) is 0 Å². The fraction of sp³-hybridized carbons (Fsp3) is 0.615. The maximum Gasteiger partial charge on any atom is 0.338 e. The van der Waals surface area contributed by atoms with E-state index < -0.39 is 0 Å². The van der Waals surface area contributed by atoms with Gasteiger partial charge in [0.25, 0.3) is 0 Å². The number of rotatable bonds is 16. The Balaban J connectivity index is 2.19. The third-order valence-corrected chi connectivity index (χ3v) is 4.97. The first-order valence-electron chi connectivity index (χ1n) is 11.6. The lowest BCUT2D eigenvalue weighted by Gasteiger charge is -2.07. The maximum atomic E-state index is 12.1. The average Bonchev–Trinajstić information content (AvgIpc) is 2.74. The highest BCUT2D eigenvalue weighted by atomic mass is 16.5. The zero-order valence-electron chi connectivity index (χ0n) is 19.2. The molecule has 0 heterocycles. The summed E-state index contributed by atoms with van der Waals surface area (Å²) in [6.07, 6.45) is 16.0. The van der Waals surface area contributed by atoms with Gasteiger partial charge in [-0.05, 0) is 55.9 Å². The number of allylic oxidation sites excluding steroid dienone is 1. The first-order valence-corrected chi connectivity index (χ1v) is 11.6. The third-order valence-electron chi connectivity index (χ3n) is 4.97. The Labute approximate surface area is 183 Å². The second-order valence-electron chi connectivity index (χ2n) is 8.23. The summed E-state index contributed by atoms with van der Waals surface area (Å²) in [6, 6.07) is 6.43. The number of carbonyl (C=O) groups excluding carboxylic acids is 2. The predicted octanol–water partition coefficient (Wildman–Crippen LogP) is 7.13. The maximum absolute atomic E-state index is 12.1. The lowest BCUT2D eigenvalue weighted by molar-refractivity contribution is 0.0491. The van der Waals surface area contributed by atoms with E-state index in [4.69, 9.17) is 9.47 Å². The smallest absolute Gasteiger partial charge is 0.338 e. The number of unbranched alkanes of at least 4 members (excludes halogenated alkanes) is 7. The minimum atomic E-state index is -0.382. The van der Waals surface area contributed by atoms with Crippen LogP contribution < -0.4 is 0 Å². The molecule has 4 nitrogen and oxygen atoms in total. The second kappa shape index (κ2) is 16.7. The van der Waals surface area contributed by atoms with Gasteiger partial charge in [0.1, 0.15) is 6.61 Å². The molecular formula is C26H40O4. The van der Waals surface area contributed by atoms with Gasteiger partial charge in [-0.3, -0.25) is 0 Å². The van der Waals surface area contributed by atoms with Gasteiger partial charge in [-0.15, -0.1) is 0 Å². The molecule has 30 heavy (non-hydrogen) atoms. The molecule has 0 radical (unpaired) electrons. The van der Waals surface area contributed by atoms with E-state index in [-0.39, 0.29) is 18.5 Å². The molecule has 0 bridgehead atoms. The van der Waals surface area contributed by atoms with Crippen molar-refractivity contribution < 1.29 is 19.1 Å². The number of ether oxygens (including phenoxy) is 2. The van der Waals surface area contributed by atoms with E-state index >= 15 is 0 Å². The minimum Gasteiger partial charge on any atom is -0.462 e. The molecule has 0 fully saturated rings. The molecule has 0 aliphatic heterocycles. The molecule has 1 rings (SSSR count). The van der Waals surface area contributed by atoms with E-state index in [1.165, 1.54) is 44.9 Å². The highest BCUT2D eigenvalue weighted by molar-refractivity contribution is 5.93. The Bertz CT molecular complexity index is 616. The molecule has 0 saturated heterocycles. The lowest BCUT2D eigenvalue weighted by Crippen LogP contribution is -2.09. The molecule has 0 aromatic heterocycles. The molecule has 0 spiro atoms. The van der Waals surface area contributed by atoms with Crippen molar-refractivity contribution in [2.75, 3.05) is 13.2 Å². The van der Waals surface area contributed by atoms with Gasteiger partial charge in [0.15, 0.2) is 0 Å². The Morgan fingerprint density at radius 1 is 0.800 bits per heavy atom. The van der Waals surface area contributed by atoms with Gasteiger partial charge in [-0.25, -0.2) is 9.59 Å². The van der Waals surface area contributed by atoms with Crippen molar-refractivity contribution >= 4 is 11.9 Å². The van der Waals surface area contributed by atoms with Crippen molar-refractivity contribution in [3.63, 3.8) is 0 Å². The van der Waals surface area contributed by atoms with E-state index in [9.17, 15) is 9.59 Å². The molecular weight excluding hydrogens is 376 g/mol. The topological polar surface area (TPSA) is 52.6 Å². The molecule has 0 unspecified atom stereocenters. The average molecular weight is 417 g/mol. The number of hydrogen-bond donors (Lipinski definition) is 0. The molecule has 1 aromatic rings. The summed E-state index contributed by atoms with van der Waals surface area (Å²) in [5.74, 6) is -0.136. The molecule has 0 amide bonds. The van der Waals surface area contributed by atoms with E-state index in [1.54, 1.807) is 24.3 Å². The summed E-state index contributed by atoms with van der Waals surface area (Å²) < 4.78 is 10.5. The zero-order chi connectivity index (χ0) is 22.0. The Hall–Kier alpha value is -2.10. The third kappa shape index (κ3) is 12.5. The highest BCUT2D eigenvalue weighted by Crippen LogP contribution is 2.10. The van der Waals surface area contributed by atoms with Crippen LogP contribution in [0.1, 0.15) is 106 Å². The number of benzene rings is 1. The summed E-state index contributed by atoms with van der Waals surface area (Å²) in [6.45, 7) is 7.22. The normalized spacial score (nSPS) is 11.2. The number of esters is 2. The van der Waals surface area contributed by atoms with Gasteiger partial charge in [-0.2, -0.15) is 0 Å². The SMILES string of the molecule is CCCCCCCCC/C=C/COC(=O)c1ccc(C(=O)OCCCC(C)C)cc1. The van der Waals surface area contributed by atoms with Gasteiger partial charge in [-0.1, -0.05) is 71.4 Å². The zero-order valence-corrected chi connectivity index (χ0v) is 19.2. The minimum absolute atomic E-state index is 0.273. The van der Waals surface area contributed by atoms with Crippen molar-refractivity contribution in [1.82, 2.24) is 0 Å². The van der Waals surface area contributed by atoms with Crippen molar-refractivity contribution in [3.8, 4) is 0 Å². The highest BCUT2D eigenvalue weighted by Gasteiger charge is 2.10. The van der Waals surface area contributed by atoms with Crippen molar-refractivity contribution in [2.45, 2.75) is 85.0 Å². The molecule has 1 aromatic carbocycles. The largest absolute Gasteiger partial charge is 0.462 e. The Morgan fingerprint density at radius 2 is 1.37 bits per heavy atom. The molecule has 0 atom stereocenters.